The first-order valence-corrected chi connectivity index (χ1v) is 10.1. The van der Waals surface area contributed by atoms with E-state index in [9.17, 15) is 13.3 Å². The first-order valence-electron chi connectivity index (χ1n) is 8.62. The summed E-state index contributed by atoms with van der Waals surface area (Å²) in [6.07, 6.45) is -1.37. The van der Waals surface area contributed by atoms with Gasteiger partial charge in [-0.1, -0.05) is 29.8 Å². The van der Waals surface area contributed by atoms with Crippen LogP contribution >= 0.6 is 11.6 Å². The Bertz CT molecular complexity index is 959. The van der Waals surface area contributed by atoms with Crippen molar-refractivity contribution in [3.63, 3.8) is 0 Å². The molecule has 0 bridgehead atoms. The molecule has 142 valence electrons. The van der Waals surface area contributed by atoms with Crippen molar-refractivity contribution in [2.45, 2.75) is 11.3 Å². The van der Waals surface area contributed by atoms with Gasteiger partial charge in [0.2, 0.25) is 0 Å². The number of nitrogens with one attached hydrogen (secondary N) is 1. The number of rotatable bonds is 4. The number of alkyl halides is 2. The van der Waals surface area contributed by atoms with E-state index in [4.69, 9.17) is 11.6 Å². The Balaban J connectivity index is 1.89. The molecule has 2 heterocycles. The first kappa shape index (κ1) is 18.6. The van der Waals surface area contributed by atoms with E-state index < -0.39 is 17.8 Å². The van der Waals surface area contributed by atoms with Crippen molar-refractivity contribution in [2.75, 3.05) is 31.1 Å². The summed E-state index contributed by atoms with van der Waals surface area (Å²) >= 11 is 4.45. The minimum absolute atomic E-state index is 0.112. The van der Waals surface area contributed by atoms with E-state index in [0.29, 0.717) is 20.8 Å². The van der Waals surface area contributed by atoms with Crippen LogP contribution in [-0.4, -0.2) is 34.7 Å². The van der Waals surface area contributed by atoms with Gasteiger partial charge in [0.15, 0.2) is 4.90 Å². The summed E-state index contributed by atoms with van der Waals surface area (Å²) in [7, 11) is 0. The lowest BCUT2D eigenvalue weighted by Crippen LogP contribution is -2.43. The van der Waals surface area contributed by atoms with Crippen LogP contribution in [0.15, 0.2) is 53.6 Å². The van der Waals surface area contributed by atoms with Crippen LogP contribution in [-0.2, 0) is 11.4 Å². The summed E-state index contributed by atoms with van der Waals surface area (Å²) in [4.78, 5) is 2.48. The van der Waals surface area contributed by atoms with Crippen molar-refractivity contribution in [1.82, 2.24) is 9.29 Å². The smallest absolute Gasteiger partial charge is 0.266 e. The van der Waals surface area contributed by atoms with E-state index in [1.807, 2.05) is 12.1 Å². The molecule has 1 aliphatic heterocycles. The zero-order valence-electron chi connectivity index (χ0n) is 14.4. The van der Waals surface area contributed by atoms with Crippen molar-refractivity contribution in [3.05, 3.63) is 59.2 Å². The van der Waals surface area contributed by atoms with Gasteiger partial charge in [-0.25, -0.2) is 8.78 Å². The van der Waals surface area contributed by atoms with Gasteiger partial charge in [0.05, 0.1) is 16.8 Å². The zero-order valence-corrected chi connectivity index (χ0v) is 15.9. The van der Waals surface area contributed by atoms with Crippen molar-refractivity contribution in [1.29, 1.82) is 0 Å². The summed E-state index contributed by atoms with van der Waals surface area (Å²) in [5.74, 6) is 0. The van der Waals surface area contributed by atoms with Crippen molar-refractivity contribution in [3.8, 4) is 0 Å². The third-order valence-electron chi connectivity index (χ3n) is 4.70. The van der Waals surface area contributed by atoms with Crippen LogP contribution < -0.4 is 10.2 Å². The lowest BCUT2D eigenvalue weighted by Gasteiger charge is -2.30. The van der Waals surface area contributed by atoms with Crippen LogP contribution in [0.2, 0.25) is 5.02 Å². The molecule has 3 aromatic rings. The van der Waals surface area contributed by atoms with Crippen LogP contribution in [0.4, 0.5) is 14.5 Å². The maximum absolute atomic E-state index is 13.8. The van der Waals surface area contributed by atoms with E-state index in [2.05, 4.69) is 10.2 Å². The summed E-state index contributed by atoms with van der Waals surface area (Å²) in [6.45, 7) is 3.07. The van der Waals surface area contributed by atoms with Crippen LogP contribution in [0, 0.1) is 0 Å². The lowest BCUT2D eigenvalue weighted by atomic mass is 10.1. The molecular formula is C19H18ClF2N3OS. The van der Waals surface area contributed by atoms with Gasteiger partial charge < -0.3 is 14.8 Å². The molecular weight excluding hydrogens is 392 g/mol. The topological polar surface area (TPSA) is 43.3 Å². The number of anilines is 1. The molecule has 1 fully saturated rings. The quantitative estimate of drug-likeness (QED) is 0.656. The van der Waals surface area contributed by atoms with Crippen LogP contribution in [0.25, 0.3) is 10.9 Å². The molecule has 0 aliphatic carbocycles. The maximum atomic E-state index is 13.8. The standard InChI is InChI=1S/C19H18ClF2N3OS/c20-14-4-1-2-7-17(14)27(26)25-12-13(19(21)22)18-15(5-3-6-16(18)25)24-10-8-23-9-11-24/h1-7,12,19,23H,8-11H2. The average Bonchev–Trinajstić information content (AvgIpc) is 3.09. The normalized spacial score (nSPS) is 16.3. The molecule has 0 spiro atoms. The molecule has 0 amide bonds. The number of piperazine rings is 1. The number of nitrogens with zero attached hydrogens (tertiary/aromatic N) is 2. The van der Waals surface area contributed by atoms with Crippen LogP contribution in [0.5, 0.6) is 0 Å². The number of halogens is 3. The number of hydrogen-bond acceptors (Lipinski definition) is 3. The minimum Gasteiger partial charge on any atom is -0.587 e. The Kier molecular flexibility index (Phi) is 5.27. The molecule has 0 radical (unpaired) electrons. The highest BCUT2D eigenvalue weighted by molar-refractivity contribution is 7.90. The van der Waals surface area contributed by atoms with Crippen LogP contribution in [0.3, 0.4) is 0 Å². The molecule has 8 heteroatoms. The summed E-state index contributed by atoms with van der Waals surface area (Å²) in [6, 6.07) is 12.1. The molecule has 27 heavy (non-hydrogen) atoms. The third kappa shape index (κ3) is 3.40. The van der Waals surface area contributed by atoms with Crippen molar-refractivity contribution < 1.29 is 13.3 Å². The summed E-state index contributed by atoms with van der Waals surface area (Å²) in [5.41, 5.74) is 1.15. The predicted molar refractivity (Wildman–Crippen MR) is 105 cm³/mol. The highest BCUT2D eigenvalue weighted by Gasteiger charge is 2.28. The summed E-state index contributed by atoms with van der Waals surface area (Å²) in [5, 5.41) is 4.06. The van der Waals surface area contributed by atoms with E-state index in [1.165, 1.54) is 10.2 Å². The fraction of sp³-hybridized carbons (Fsp3) is 0.263. The van der Waals surface area contributed by atoms with Gasteiger partial charge in [0.25, 0.3) is 6.43 Å². The molecule has 1 atom stereocenters. The second-order valence-corrected chi connectivity index (χ2v) is 8.04. The number of aromatic nitrogens is 1. The average molecular weight is 410 g/mol. The van der Waals surface area contributed by atoms with Gasteiger partial charge in [-0.2, -0.15) is 3.97 Å². The largest absolute Gasteiger partial charge is 0.587 e. The van der Waals surface area contributed by atoms with Crippen molar-refractivity contribution in [2.24, 2.45) is 0 Å². The second kappa shape index (κ2) is 7.67. The molecule has 1 unspecified atom stereocenters. The van der Waals surface area contributed by atoms with Crippen LogP contribution in [0.1, 0.15) is 12.0 Å². The van der Waals surface area contributed by atoms with E-state index >= 15 is 0 Å². The number of fused-ring (bicyclic) bond motifs is 1. The van der Waals surface area contributed by atoms with E-state index in [1.54, 1.807) is 30.3 Å². The Labute approximate surface area is 164 Å². The van der Waals surface area contributed by atoms with Gasteiger partial charge in [-0.3, -0.25) is 0 Å². The first-order chi connectivity index (χ1) is 13.1. The Morgan fingerprint density at radius 1 is 1.07 bits per heavy atom. The minimum atomic E-state index is -2.67. The Morgan fingerprint density at radius 3 is 2.52 bits per heavy atom. The summed E-state index contributed by atoms with van der Waals surface area (Å²) < 4.78 is 42.2. The fourth-order valence-corrected chi connectivity index (χ4v) is 4.95. The molecule has 1 saturated heterocycles. The van der Waals surface area contributed by atoms with Gasteiger partial charge >= 0.3 is 0 Å². The third-order valence-corrected chi connectivity index (χ3v) is 6.53. The van der Waals surface area contributed by atoms with Gasteiger partial charge in [0, 0.05) is 37.3 Å². The molecule has 0 saturated carbocycles. The zero-order chi connectivity index (χ0) is 19.0. The molecule has 4 nitrogen and oxygen atoms in total. The second-order valence-electron chi connectivity index (χ2n) is 6.30. The van der Waals surface area contributed by atoms with E-state index in [-0.39, 0.29) is 5.56 Å². The highest BCUT2D eigenvalue weighted by atomic mass is 35.5. The molecule has 1 aromatic heterocycles. The molecule has 1 N–H and O–H groups in total. The van der Waals surface area contributed by atoms with Gasteiger partial charge in [0.1, 0.15) is 16.9 Å². The Hall–Kier alpha value is -1.80. The van der Waals surface area contributed by atoms with E-state index in [0.717, 1.165) is 31.9 Å². The maximum Gasteiger partial charge on any atom is 0.266 e. The van der Waals surface area contributed by atoms with Gasteiger partial charge in [-0.05, 0) is 24.3 Å². The number of hydrogen-bond donors (Lipinski definition) is 1. The fourth-order valence-electron chi connectivity index (χ4n) is 3.43. The molecule has 4 rings (SSSR count). The molecule has 2 aromatic carbocycles. The lowest BCUT2D eigenvalue weighted by molar-refractivity contribution is 0.153. The predicted octanol–water partition coefficient (Wildman–Crippen LogP) is 4.21. The Morgan fingerprint density at radius 2 is 1.81 bits per heavy atom. The monoisotopic (exact) mass is 409 g/mol. The van der Waals surface area contributed by atoms with Gasteiger partial charge in [-0.15, -0.1) is 0 Å². The molecule has 1 aliphatic rings. The highest BCUT2D eigenvalue weighted by Crippen LogP contribution is 2.38. The number of benzene rings is 2. The SMILES string of the molecule is [O-][S+](c1ccccc1Cl)n1cc(C(F)F)c2c(N3CCNCC3)cccc21. The van der Waals surface area contributed by atoms with Crippen molar-refractivity contribution >= 4 is 39.6 Å².